The Morgan fingerprint density at radius 2 is 1.76 bits per heavy atom. The van der Waals surface area contributed by atoms with Crippen molar-refractivity contribution in [2.24, 2.45) is 0 Å². The number of nitriles is 1. The highest BCUT2D eigenvalue weighted by molar-refractivity contribution is 6.31. The second kappa shape index (κ2) is 8.18. The Hall–Kier alpha value is -3.04. The third-order valence-corrected chi connectivity index (χ3v) is 3.69. The predicted octanol–water partition coefficient (Wildman–Crippen LogP) is 2.96. The molecule has 0 heterocycles. The van der Waals surface area contributed by atoms with Crippen molar-refractivity contribution in [1.82, 2.24) is 4.90 Å². The number of rotatable bonds is 5. The van der Waals surface area contributed by atoms with Crippen molar-refractivity contribution in [1.29, 1.82) is 5.26 Å². The van der Waals surface area contributed by atoms with Crippen LogP contribution in [0.4, 0.5) is 11.4 Å². The van der Waals surface area contributed by atoms with Gasteiger partial charge < -0.3 is 15.5 Å². The number of halogens is 1. The molecule has 0 radical (unpaired) electrons. The fourth-order valence-electron chi connectivity index (χ4n) is 2.06. The van der Waals surface area contributed by atoms with Crippen LogP contribution in [0.1, 0.15) is 15.9 Å². The van der Waals surface area contributed by atoms with Crippen LogP contribution in [0, 0.1) is 11.3 Å². The van der Waals surface area contributed by atoms with Gasteiger partial charge in [-0.1, -0.05) is 11.6 Å². The lowest BCUT2D eigenvalue weighted by molar-refractivity contribution is -0.114. The molecular weight excluding hydrogens is 340 g/mol. The second-order valence-corrected chi connectivity index (χ2v) is 5.89. The van der Waals surface area contributed by atoms with E-state index >= 15 is 0 Å². The van der Waals surface area contributed by atoms with Gasteiger partial charge in [0.2, 0.25) is 5.91 Å². The zero-order valence-electron chi connectivity index (χ0n) is 13.8. The summed E-state index contributed by atoms with van der Waals surface area (Å²) in [6, 6.07) is 13.5. The largest absolute Gasteiger partial charge is 0.376 e. The summed E-state index contributed by atoms with van der Waals surface area (Å²) in [5, 5.41) is 15.0. The molecule has 2 amide bonds. The first kappa shape index (κ1) is 18.3. The van der Waals surface area contributed by atoms with E-state index < -0.39 is 0 Å². The first-order chi connectivity index (χ1) is 11.9. The Morgan fingerprint density at radius 1 is 1.12 bits per heavy atom. The second-order valence-electron chi connectivity index (χ2n) is 5.49. The maximum Gasteiger partial charge on any atom is 0.253 e. The van der Waals surface area contributed by atoms with Crippen LogP contribution in [0.5, 0.6) is 0 Å². The van der Waals surface area contributed by atoms with Crippen LogP contribution in [-0.2, 0) is 4.79 Å². The van der Waals surface area contributed by atoms with Crippen molar-refractivity contribution in [2.45, 2.75) is 0 Å². The minimum atomic E-state index is -0.250. The number of carbonyl (C=O) groups is 2. The first-order valence-corrected chi connectivity index (χ1v) is 7.83. The van der Waals surface area contributed by atoms with Crippen molar-refractivity contribution < 1.29 is 9.59 Å². The number of hydrogen-bond donors (Lipinski definition) is 2. The van der Waals surface area contributed by atoms with Crippen molar-refractivity contribution in [3.63, 3.8) is 0 Å². The van der Waals surface area contributed by atoms with Crippen LogP contribution in [0.15, 0.2) is 42.5 Å². The highest BCUT2D eigenvalue weighted by Gasteiger charge is 2.08. The summed E-state index contributed by atoms with van der Waals surface area (Å²) < 4.78 is 0. The SMILES string of the molecule is CN(C)C(=O)c1ccc(NC(=O)CNc2ccc(Cl)c(C#N)c2)cc1. The average molecular weight is 357 g/mol. The number of nitrogens with zero attached hydrogens (tertiary/aromatic N) is 2. The zero-order chi connectivity index (χ0) is 18.4. The van der Waals surface area contributed by atoms with E-state index in [1.54, 1.807) is 56.6 Å². The Morgan fingerprint density at radius 3 is 2.36 bits per heavy atom. The third kappa shape index (κ3) is 4.96. The van der Waals surface area contributed by atoms with Gasteiger partial charge in [-0.2, -0.15) is 5.26 Å². The molecule has 0 saturated heterocycles. The molecule has 0 aliphatic heterocycles. The summed E-state index contributed by atoms with van der Waals surface area (Å²) in [6.45, 7) is 0.0326. The summed E-state index contributed by atoms with van der Waals surface area (Å²) in [5.74, 6) is -0.351. The molecule has 2 aromatic carbocycles. The Balaban J connectivity index is 1.92. The van der Waals surface area contributed by atoms with E-state index in [9.17, 15) is 9.59 Å². The molecule has 0 fully saturated rings. The van der Waals surface area contributed by atoms with Gasteiger partial charge >= 0.3 is 0 Å². The van der Waals surface area contributed by atoms with E-state index in [-0.39, 0.29) is 18.4 Å². The maximum atomic E-state index is 12.0. The number of hydrogen-bond acceptors (Lipinski definition) is 4. The van der Waals surface area contributed by atoms with Gasteiger partial charge in [-0.05, 0) is 42.5 Å². The van der Waals surface area contributed by atoms with E-state index in [0.717, 1.165) is 0 Å². The van der Waals surface area contributed by atoms with Gasteiger partial charge in [0.05, 0.1) is 17.1 Å². The van der Waals surface area contributed by atoms with E-state index in [0.29, 0.717) is 27.5 Å². The van der Waals surface area contributed by atoms with Gasteiger partial charge in [0.15, 0.2) is 0 Å². The minimum absolute atomic E-state index is 0.0326. The summed E-state index contributed by atoms with van der Waals surface area (Å²) in [6.07, 6.45) is 0. The number of benzene rings is 2. The molecule has 0 atom stereocenters. The van der Waals surface area contributed by atoms with Crippen LogP contribution in [-0.4, -0.2) is 37.4 Å². The number of carbonyl (C=O) groups excluding carboxylic acids is 2. The molecule has 0 spiro atoms. The summed E-state index contributed by atoms with van der Waals surface area (Å²) in [4.78, 5) is 25.3. The van der Waals surface area contributed by atoms with Crippen molar-refractivity contribution in [3.05, 3.63) is 58.6 Å². The minimum Gasteiger partial charge on any atom is -0.376 e. The van der Waals surface area contributed by atoms with Gasteiger partial charge in [0.25, 0.3) is 5.91 Å². The molecule has 0 aliphatic carbocycles. The molecule has 0 bridgehead atoms. The lowest BCUT2D eigenvalue weighted by atomic mass is 10.2. The van der Waals surface area contributed by atoms with Crippen molar-refractivity contribution >= 4 is 34.8 Å². The number of amides is 2. The fraction of sp³-hybridized carbons (Fsp3) is 0.167. The Labute approximate surface area is 151 Å². The van der Waals surface area contributed by atoms with E-state index in [1.165, 1.54) is 4.90 Å². The number of nitrogens with one attached hydrogen (secondary N) is 2. The molecule has 2 aromatic rings. The Kier molecular flexibility index (Phi) is 5.98. The van der Waals surface area contributed by atoms with Crippen LogP contribution in [0.25, 0.3) is 0 Å². The molecule has 128 valence electrons. The number of anilines is 2. The molecule has 2 N–H and O–H groups in total. The first-order valence-electron chi connectivity index (χ1n) is 7.46. The molecule has 7 heteroatoms. The summed E-state index contributed by atoms with van der Waals surface area (Å²) in [7, 11) is 3.36. The maximum absolute atomic E-state index is 12.0. The quantitative estimate of drug-likeness (QED) is 0.862. The van der Waals surface area contributed by atoms with Crippen LogP contribution in [0.2, 0.25) is 5.02 Å². The zero-order valence-corrected chi connectivity index (χ0v) is 14.6. The molecule has 0 aliphatic rings. The van der Waals surface area contributed by atoms with Crippen LogP contribution >= 0.6 is 11.6 Å². The molecule has 2 rings (SSSR count). The predicted molar refractivity (Wildman–Crippen MR) is 97.7 cm³/mol. The molecule has 0 saturated carbocycles. The van der Waals surface area contributed by atoms with Gasteiger partial charge in [-0.15, -0.1) is 0 Å². The van der Waals surface area contributed by atoms with Gasteiger partial charge in [-0.25, -0.2) is 0 Å². The smallest absolute Gasteiger partial charge is 0.253 e. The van der Waals surface area contributed by atoms with Crippen LogP contribution in [0.3, 0.4) is 0 Å². The third-order valence-electron chi connectivity index (χ3n) is 3.36. The topological polar surface area (TPSA) is 85.2 Å². The average Bonchev–Trinajstić information content (AvgIpc) is 2.61. The molecule has 25 heavy (non-hydrogen) atoms. The lowest BCUT2D eigenvalue weighted by Crippen LogP contribution is -2.23. The van der Waals surface area contributed by atoms with E-state index in [4.69, 9.17) is 16.9 Å². The molecule has 0 aromatic heterocycles. The normalized spacial score (nSPS) is 9.84. The van der Waals surface area contributed by atoms with E-state index in [1.807, 2.05) is 6.07 Å². The van der Waals surface area contributed by atoms with Gasteiger partial charge in [0.1, 0.15) is 6.07 Å². The van der Waals surface area contributed by atoms with Gasteiger partial charge in [-0.3, -0.25) is 9.59 Å². The highest BCUT2D eigenvalue weighted by atomic mass is 35.5. The van der Waals surface area contributed by atoms with Crippen molar-refractivity contribution in [2.75, 3.05) is 31.3 Å². The molecule has 0 unspecified atom stereocenters. The fourth-order valence-corrected chi connectivity index (χ4v) is 2.22. The highest BCUT2D eigenvalue weighted by Crippen LogP contribution is 2.19. The lowest BCUT2D eigenvalue weighted by Gasteiger charge is -2.11. The monoisotopic (exact) mass is 356 g/mol. The summed E-state index contributed by atoms with van der Waals surface area (Å²) >= 11 is 5.86. The van der Waals surface area contributed by atoms with Crippen molar-refractivity contribution in [3.8, 4) is 6.07 Å². The summed E-state index contributed by atoms with van der Waals surface area (Å²) in [5.41, 5.74) is 2.11. The van der Waals surface area contributed by atoms with Gasteiger partial charge in [0, 0.05) is 31.0 Å². The standard InChI is InChI=1S/C18H17ClN4O2/c1-23(2)18(25)12-3-5-14(6-4-12)22-17(24)11-21-15-7-8-16(19)13(9-15)10-20/h3-9,21H,11H2,1-2H3,(H,22,24). The molecule has 6 nitrogen and oxygen atoms in total. The Bertz CT molecular complexity index is 826. The van der Waals surface area contributed by atoms with E-state index in [2.05, 4.69) is 10.6 Å². The molecular formula is C18H17ClN4O2. The van der Waals surface area contributed by atoms with Crippen LogP contribution < -0.4 is 10.6 Å².